The molecule has 9 rings (SSSR count). The standard InChI is InChI=1S/C46H35N5/c1-28-10-4-7-13-32(28)44-37-18-16-35(48-37)43(31-24-26-47-27-25-31)36-17-19-38(49-36)45(33-14-8-5-11-29(33)2)40-21-23-42(51-40)46(41-22-20-39(44)50-41)34-15-9-6-12-30(34)3/h4-27,48,51H,1-3H3. The van der Waals surface area contributed by atoms with Crippen molar-refractivity contribution in [2.45, 2.75) is 20.8 Å². The van der Waals surface area contributed by atoms with Crippen LogP contribution >= 0.6 is 0 Å². The molecular weight excluding hydrogens is 623 g/mol. The molecule has 0 atom stereocenters. The summed E-state index contributed by atoms with van der Waals surface area (Å²) in [6.07, 6.45) is 12.3. The van der Waals surface area contributed by atoms with Crippen LogP contribution in [0.2, 0.25) is 0 Å². The van der Waals surface area contributed by atoms with Gasteiger partial charge in [0.15, 0.2) is 0 Å². The first-order chi connectivity index (χ1) is 25.0. The molecule has 0 amide bonds. The Morgan fingerprint density at radius 1 is 0.373 bits per heavy atom. The van der Waals surface area contributed by atoms with E-state index in [9.17, 15) is 0 Å². The van der Waals surface area contributed by atoms with Gasteiger partial charge < -0.3 is 9.97 Å². The van der Waals surface area contributed by atoms with Crippen molar-refractivity contribution in [3.05, 3.63) is 161 Å². The fourth-order valence-corrected chi connectivity index (χ4v) is 7.44. The topological polar surface area (TPSA) is 70.2 Å². The Hall–Kier alpha value is -6.59. The fourth-order valence-electron chi connectivity index (χ4n) is 7.44. The van der Waals surface area contributed by atoms with Crippen LogP contribution in [0.25, 0.3) is 90.9 Å². The molecule has 0 unspecified atom stereocenters. The number of nitrogens with one attached hydrogen (secondary N) is 2. The van der Waals surface area contributed by atoms with E-state index in [0.29, 0.717) is 0 Å². The van der Waals surface area contributed by atoms with E-state index in [2.05, 4.69) is 157 Å². The number of nitrogens with zero attached hydrogens (tertiary/aromatic N) is 3. The molecule has 2 aliphatic rings. The first-order valence-corrected chi connectivity index (χ1v) is 17.3. The summed E-state index contributed by atoms with van der Waals surface area (Å²) >= 11 is 0. The zero-order chi connectivity index (χ0) is 34.5. The van der Waals surface area contributed by atoms with E-state index < -0.39 is 0 Å². The maximum atomic E-state index is 5.44. The Morgan fingerprint density at radius 3 is 1.08 bits per heavy atom. The van der Waals surface area contributed by atoms with Gasteiger partial charge in [-0.05, 0) is 120 Å². The van der Waals surface area contributed by atoms with Gasteiger partial charge in [0.1, 0.15) is 0 Å². The molecule has 5 nitrogen and oxygen atoms in total. The Balaban J connectivity index is 1.51. The molecule has 0 spiro atoms. The highest BCUT2D eigenvalue weighted by atomic mass is 14.8. The van der Waals surface area contributed by atoms with E-state index in [0.717, 1.165) is 89.4 Å². The molecule has 2 aliphatic heterocycles. The molecule has 0 aliphatic carbocycles. The number of rotatable bonds is 4. The smallest absolute Gasteiger partial charge is 0.0737 e. The monoisotopic (exact) mass is 657 g/mol. The van der Waals surface area contributed by atoms with Crippen molar-refractivity contribution >= 4 is 46.4 Å². The average molecular weight is 658 g/mol. The molecule has 7 aromatic rings. The van der Waals surface area contributed by atoms with Gasteiger partial charge in [-0.1, -0.05) is 72.8 Å². The zero-order valence-electron chi connectivity index (χ0n) is 28.7. The van der Waals surface area contributed by atoms with E-state index in [1.54, 1.807) is 0 Å². The third kappa shape index (κ3) is 5.31. The minimum absolute atomic E-state index is 0.882. The molecule has 0 saturated carbocycles. The molecule has 5 heteroatoms. The van der Waals surface area contributed by atoms with Crippen LogP contribution in [-0.4, -0.2) is 24.9 Å². The Morgan fingerprint density at radius 2 is 0.706 bits per heavy atom. The molecule has 0 radical (unpaired) electrons. The molecule has 244 valence electrons. The van der Waals surface area contributed by atoms with Gasteiger partial charge >= 0.3 is 0 Å². The van der Waals surface area contributed by atoms with E-state index in [4.69, 9.17) is 9.97 Å². The largest absolute Gasteiger partial charge is 0.354 e. The minimum Gasteiger partial charge on any atom is -0.354 e. The lowest BCUT2D eigenvalue weighted by Crippen LogP contribution is -1.92. The molecule has 2 N–H and O–H groups in total. The second-order valence-corrected chi connectivity index (χ2v) is 13.2. The number of hydrogen-bond donors (Lipinski definition) is 2. The van der Waals surface area contributed by atoms with E-state index in [1.807, 2.05) is 24.5 Å². The van der Waals surface area contributed by atoms with Crippen molar-refractivity contribution in [2.75, 3.05) is 0 Å². The van der Waals surface area contributed by atoms with Crippen molar-refractivity contribution in [3.8, 4) is 44.5 Å². The predicted octanol–water partition coefficient (Wildman–Crippen LogP) is 11.6. The summed E-state index contributed by atoms with van der Waals surface area (Å²) in [5, 5.41) is 0. The maximum absolute atomic E-state index is 5.44. The first-order valence-electron chi connectivity index (χ1n) is 17.3. The van der Waals surface area contributed by atoms with Crippen LogP contribution in [0.1, 0.15) is 39.5 Å². The summed E-state index contributed by atoms with van der Waals surface area (Å²) in [7, 11) is 0. The van der Waals surface area contributed by atoms with Crippen molar-refractivity contribution < 1.29 is 0 Å². The highest BCUT2D eigenvalue weighted by Crippen LogP contribution is 2.39. The van der Waals surface area contributed by atoms with Gasteiger partial charge in [0.2, 0.25) is 0 Å². The number of benzene rings is 3. The van der Waals surface area contributed by atoms with Crippen LogP contribution in [0.3, 0.4) is 0 Å². The summed E-state index contributed by atoms with van der Waals surface area (Å²) < 4.78 is 0. The van der Waals surface area contributed by atoms with Gasteiger partial charge in [-0.25, -0.2) is 9.97 Å². The summed E-state index contributed by atoms with van der Waals surface area (Å²) in [5.41, 5.74) is 19.7. The molecule has 4 aromatic heterocycles. The molecule has 0 saturated heterocycles. The zero-order valence-corrected chi connectivity index (χ0v) is 28.7. The fraction of sp³-hybridized carbons (Fsp3) is 0.0652. The second kappa shape index (κ2) is 12.4. The predicted molar refractivity (Wildman–Crippen MR) is 213 cm³/mol. The quantitative estimate of drug-likeness (QED) is 0.198. The highest BCUT2D eigenvalue weighted by Gasteiger charge is 2.20. The van der Waals surface area contributed by atoms with Gasteiger partial charge in [0, 0.05) is 56.7 Å². The van der Waals surface area contributed by atoms with Gasteiger partial charge in [-0.15, -0.1) is 0 Å². The number of fused-ring (bicyclic) bond motifs is 8. The molecule has 51 heavy (non-hydrogen) atoms. The Kier molecular flexibility index (Phi) is 7.40. The third-order valence-corrected chi connectivity index (χ3v) is 9.97. The SMILES string of the molecule is Cc1ccccc1-c1c2nc(c(-c3ccccc3C)c3ccc([nH]3)c(-c3ccccc3C)c3nc(c(-c4ccncc4)c4ccc1[nH]4)C=C3)C=C2. The summed E-state index contributed by atoms with van der Waals surface area (Å²) in [5.74, 6) is 0. The number of pyridine rings is 1. The Bertz CT molecular complexity index is 2680. The lowest BCUT2D eigenvalue weighted by atomic mass is 9.99. The lowest BCUT2D eigenvalue weighted by Gasteiger charge is -2.09. The van der Waals surface area contributed by atoms with Gasteiger partial charge in [-0.2, -0.15) is 0 Å². The van der Waals surface area contributed by atoms with Gasteiger partial charge in [-0.3, -0.25) is 4.98 Å². The van der Waals surface area contributed by atoms with Crippen molar-refractivity contribution in [1.29, 1.82) is 0 Å². The molecule has 3 aromatic carbocycles. The van der Waals surface area contributed by atoms with Gasteiger partial charge in [0.05, 0.1) is 22.8 Å². The number of hydrogen-bond acceptors (Lipinski definition) is 3. The molecule has 0 fully saturated rings. The average Bonchev–Trinajstić information content (AvgIpc) is 3.99. The normalized spacial score (nSPS) is 12.1. The minimum atomic E-state index is 0.882. The summed E-state index contributed by atoms with van der Waals surface area (Å²) in [6, 6.07) is 38.4. The van der Waals surface area contributed by atoms with Crippen LogP contribution in [-0.2, 0) is 0 Å². The first kappa shape index (κ1) is 30.5. The third-order valence-electron chi connectivity index (χ3n) is 9.97. The van der Waals surface area contributed by atoms with Crippen LogP contribution in [0.4, 0.5) is 0 Å². The second-order valence-electron chi connectivity index (χ2n) is 13.2. The van der Waals surface area contributed by atoms with Crippen LogP contribution in [0, 0.1) is 20.8 Å². The summed E-state index contributed by atoms with van der Waals surface area (Å²) in [4.78, 5) is 22.8. The number of aromatic nitrogens is 5. The highest BCUT2D eigenvalue weighted by molar-refractivity contribution is 6.00. The van der Waals surface area contributed by atoms with Crippen LogP contribution < -0.4 is 0 Å². The molecular formula is C46H35N5. The lowest BCUT2D eigenvalue weighted by molar-refractivity contribution is 1.29. The summed E-state index contributed by atoms with van der Waals surface area (Å²) in [6.45, 7) is 6.48. The van der Waals surface area contributed by atoms with Crippen molar-refractivity contribution in [3.63, 3.8) is 0 Å². The molecule has 8 bridgehead atoms. The molecule has 6 heterocycles. The maximum Gasteiger partial charge on any atom is 0.0737 e. The van der Waals surface area contributed by atoms with Crippen LogP contribution in [0.15, 0.2) is 122 Å². The Labute approximate surface area is 296 Å². The van der Waals surface area contributed by atoms with Crippen molar-refractivity contribution in [2.24, 2.45) is 0 Å². The number of aromatic amines is 2. The van der Waals surface area contributed by atoms with Crippen molar-refractivity contribution in [1.82, 2.24) is 24.9 Å². The van der Waals surface area contributed by atoms with E-state index in [-0.39, 0.29) is 0 Å². The van der Waals surface area contributed by atoms with Gasteiger partial charge in [0.25, 0.3) is 0 Å². The van der Waals surface area contributed by atoms with E-state index in [1.165, 1.54) is 16.7 Å². The van der Waals surface area contributed by atoms with Crippen LogP contribution in [0.5, 0.6) is 0 Å². The number of H-pyrrole nitrogens is 2. The number of aryl methyl sites for hydroxylation is 3. The van der Waals surface area contributed by atoms with E-state index >= 15 is 0 Å².